The van der Waals surface area contributed by atoms with Crippen LogP contribution < -0.4 is 0 Å². The third-order valence-electron chi connectivity index (χ3n) is 1.89. The van der Waals surface area contributed by atoms with Crippen molar-refractivity contribution in [3.05, 3.63) is 0 Å². The Morgan fingerprint density at radius 2 is 1.67 bits per heavy atom. The number of alkyl halides is 2. The number of rotatable bonds is 8. The molecule has 0 radical (unpaired) electrons. The van der Waals surface area contributed by atoms with Crippen LogP contribution in [0.2, 0.25) is 0 Å². The molecule has 0 aliphatic carbocycles. The van der Waals surface area contributed by atoms with Crippen LogP contribution in [0.5, 0.6) is 0 Å². The number of carbonyl (C=O) groups is 2. The van der Waals surface area contributed by atoms with Crippen molar-refractivity contribution in [3.8, 4) is 0 Å². The lowest BCUT2D eigenvalue weighted by Gasteiger charge is -2.12. The van der Waals surface area contributed by atoms with Crippen LogP contribution in [-0.4, -0.2) is 20.1 Å². The number of carbonyl (C=O) groups excluding carboxylic acids is 2. The van der Waals surface area contributed by atoms with Crippen molar-refractivity contribution in [2.24, 2.45) is 0 Å². The van der Waals surface area contributed by atoms with E-state index in [4.69, 9.17) is 23.2 Å². The number of halogens is 4. The van der Waals surface area contributed by atoms with Gasteiger partial charge in [0.25, 0.3) is 0 Å². The maximum Gasteiger partial charge on any atom is 0.236 e. The van der Waals surface area contributed by atoms with Crippen molar-refractivity contribution < 1.29 is 9.59 Å². The van der Waals surface area contributed by atoms with E-state index < -0.39 is 5.24 Å². The first-order valence-electron chi connectivity index (χ1n) is 4.61. The highest BCUT2D eigenvalue weighted by molar-refractivity contribution is 9.12. The summed E-state index contributed by atoms with van der Waals surface area (Å²) in [6.45, 7) is 0. The summed E-state index contributed by atoms with van der Waals surface area (Å²) in [4.78, 5) is 20.9. The molecular formula is C9H12Br2Cl2O2. The van der Waals surface area contributed by atoms with E-state index in [0.29, 0.717) is 6.42 Å². The van der Waals surface area contributed by atoms with Gasteiger partial charge in [0.2, 0.25) is 10.5 Å². The number of unbranched alkanes of at least 4 members (excludes halogenated alkanes) is 2. The molecule has 2 nitrogen and oxygen atoms in total. The molecule has 0 spiro atoms. The van der Waals surface area contributed by atoms with E-state index >= 15 is 0 Å². The third-order valence-corrected chi connectivity index (χ3v) is 5.33. The molecule has 88 valence electrons. The lowest BCUT2D eigenvalue weighted by molar-refractivity contribution is -0.112. The van der Waals surface area contributed by atoms with Crippen molar-refractivity contribution >= 4 is 65.5 Å². The maximum absolute atomic E-state index is 10.8. The summed E-state index contributed by atoms with van der Waals surface area (Å²) < 4.78 is 0. The van der Waals surface area contributed by atoms with Crippen molar-refractivity contribution in [2.75, 3.05) is 0 Å². The highest BCUT2D eigenvalue weighted by atomic mass is 79.9. The Kier molecular flexibility index (Phi) is 9.49. The molecule has 0 bridgehead atoms. The molecule has 0 aromatic carbocycles. The summed E-state index contributed by atoms with van der Waals surface area (Å²) in [5.74, 6) is 0. The Morgan fingerprint density at radius 3 is 2.13 bits per heavy atom. The maximum atomic E-state index is 10.8. The smallest absolute Gasteiger partial charge is 0.236 e. The molecule has 0 aromatic heterocycles. The minimum Gasteiger partial charge on any atom is -0.281 e. The molecule has 0 saturated heterocycles. The zero-order valence-corrected chi connectivity index (χ0v) is 12.7. The lowest BCUT2D eigenvalue weighted by atomic mass is 10.1. The first-order valence-corrected chi connectivity index (χ1v) is 7.19. The standard InChI is InChI=1S/C9H12Br2Cl2O2/c10-6(8(11)9(13)15)4-2-1-3-5-7(12)14/h6,8H,1-5H2. The normalized spacial score (nSPS) is 14.7. The Labute approximate surface area is 116 Å². The molecule has 2 atom stereocenters. The van der Waals surface area contributed by atoms with Crippen molar-refractivity contribution in [1.82, 2.24) is 0 Å². The number of hydrogen-bond acceptors (Lipinski definition) is 2. The van der Waals surface area contributed by atoms with Gasteiger partial charge in [-0.2, -0.15) is 0 Å². The fourth-order valence-electron chi connectivity index (χ4n) is 1.07. The molecule has 0 N–H and O–H groups in total. The zero-order chi connectivity index (χ0) is 11.8. The predicted molar refractivity (Wildman–Crippen MR) is 70.2 cm³/mol. The van der Waals surface area contributed by atoms with Crippen molar-refractivity contribution in [2.45, 2.75) is 41.8 Å². The molecule has 2 unspecified atom stereocenters. The molecule has 0 aromatic rings. The van der Waals surface area contributed by atoms with Gasteiger partial charge in [-0.25, -0.2) is 0 Å². The Bertz CT molecular complexity index is 224. The van der Waals surface area contributed by atoms with Crippen LogP contribution in [0.3, 0.4) is 0 Å². The quantitative estimate of drug-likeness (QED) is 0.361. The molecule has 15 heavy (non-hydrogen) atoms. The van der Waals surface area contributed by atoms with Gasteiger partial charge in [0.15, 0.2) is 0 Å². The Hall–Kier alpha value is 0.880. The average molecular weight is 383 g/mol. The minimum atomic E-state index is -0.396. The summed E-state index contributed by atoms with van der Waals surface area (Å²) in [6.07, 6.45) is 3.92. The van der Waals surface area contributed by atoms with Gasteiger partial charge in [-0.1, -0.05) is 44.7 Å². The van der Waals surface area contributed by atoms with E-state index in [2.05, 4.69) is 31.9 Å². The van der Waals surface area contributed by atoms with Crippen LogP contribution in [0.4, 0.5) is 0 Å². The Morgan fingerprint density at radius 1 is 1.07 bits per heavy atom. The van der Waals surface area contributed by atoms with Crippen LogP contribution in [0, 0.1) is 0 Å². The largest absolute Gasteiger partial charge is 0.281 e. The molecule has 0 heterocycles. The highest BCUT2D eigenvalue weighted by Gasteiger charge is 2.21. The van der Waals surface area contributed by atoms with Crippen LogP contribution in [0.25, 0.3) is 0 Å². The monoisotopic (exact) mass is 380 g/mol. The minimum absolute atomic E-state index is 0.0363. The van der Waals surface area contributed by atoms with Gasteiger partial charge in [-0.05, 0) is 36.0 Å². The van der Waals surface area contributed by atoms with Gasteiger partial charge in [0.1, 0.15) is 4.83 Å². The lowest BCUT2D eigenvalue weighted by Crippen LogP contribution is -2.20. The van der Waals surface area contributed by atoms with E-state index in [9.17, 15) is 9.59 Å². The van der Waals surface area contributed by atoms with Gasteiger partial charge >= 0.3 is 0 Å². The first-order chi connectivity index (χ1) is 6.95. The fraction of sp³-hybridized carbons (Fsp3) is 0.778. The van der Waals surface area contributed by atoms with Crippen LogP contribution in [-0.2, 0) is 9.59 Å². The summed E-state index contributed by atoms with van der Waals surface area (Å²) in [5, 5.41) is -0.687. The molecule has 6 heteroatoms. The predicted octanol–water partition coefficient (Wildman–Crippen LogP) is 3.99. The molecule has 0 aliphatic heterocycles. The molecule has 0 amide bonds. The summed E-state index contributed by atoms with van der Waals surface area (Å²) >= 11 is 17.1. The fourth-order valence-corrected chi connectivity index (χ4v) is 2.33. The van der Waals surface area contributed by atoms with Crippen LogP contribution in [0.15, 0.2) is 0 Å². The molecule has 0 rings (SSSR count). The van der Waals surface area contributed by atoms with Gasteiger partial charge < -0.3 is 0 Å². The van der Waals surface area contributed by atoms with Gasteiger partial charge in [-0.3, -0.25) is 9.59 Å². The second kappa shape index (κ2) is 8.97. The zero-order valence-electron chi connectivity index (χ0n) is 8.02. The van der Waals surface area contributed by atoms with Crippen molar-refractivity contribution in [1.29, 1.82) is 0 Å². The molecular weight excluding hydrogens is 371 g/mol. The summed E-state index contributed by atoms with van der Waals surface area (Å²) in [5.41, 5.74) is 0. The van der Waals surface area contributed by atoms with E-state index in [1.54, 1.807) is 0 Å². The SMILES string of the molecule is O=C(Cl)CCCCCC(Br)C(Br)C(=O)Cl. The Balaban J connectivity index is 3.50. The van der Waals surface area contributed by atoms with Crippen LogP contribution in [0.1, 0.15) is 32.1 Å². The van der Waals surface area contributed by atoms with E-state index in [1.807, 2.05) is 0 Å². The summed E-state index contributed by atoms with van der Waals surface area (Å²) in [7, 11) is 0. The number of hydrogen-bond donors (Lipinski definition) is 0. The highest BCUT2D eigenvalue weighted by Crippen LogP contribution is 2.22. The van der Waals surface area contributed by atoms with E-state index in [0.717, 1.165) is 25.7 Å². The van der Waals surface area contributed by atoms with E-state index in [1.165, 1.54) is 0 Å². The second-order valence-electron chi connectivity index (χ2n) is 3.18. The second-order valence-corrected chi connectivity index (χ2v) is 6.13. The van der Waals surface area contributed by atoms with Gasteiger partial charge in [-0.15, -0.1) is 0 Å². The molecule has 0 aliphatic rings. The average Bonchev–Trinajstić information content (AvgIpc) is 2.15. The van der Waals surface area contributed by atoms with E-state index in [-0.39, 0.29) is 14.9 Å². The summed E-state index contributed by atoms with van der Waals surface area (Å²) in [6, 6.07) is 0. The van der Waals surface area contributed by atoms with Gasteiger partial charge in [0, 0.05) is 11.2 Å². The third kappa shape index (κ3) is 8.66. The van der Waals surface area contributed by atoms with Crippen LogP contribution >= 0.6 is 55.1 Å². The first kappa shape index (κ1) is 15.9. The topological polar surface area (TPSA) is 34.1 Å². The molecule has 0 saturated carbocycles. The van der Waals surface area contributed by atoms with Gasteiger partial charge in [0.05, 0.1) is 0 Å². The van der Waals surface area contributed by atoms with Crippen molar-refractivity contribution in [3.63, 3.8) is 0 Å². The molecule has 0 fully saturated rings.